The summed E-state index contributed by atoms with van der Waals surface area (Å²) in [5.74, 6) is 0. The van der Waals surface area contributed by atoms with Gasteiger partial charge in [-0.3, -0.25) is 4.57 Å². The molecule has 0 saturated heterocycles. The molecule has 0 aromatic carbocycles. The lowest BCUT2D eigenvalue weighted by Gasteiger charge is -2.14. The van der Waals surface area contributed by atoms with Gasteiger partial charge in [0, 0.05) is 0 Å². The molecule has 74 valence electrons. The van der Waals surface area contributed by atoms with E-state index in [9.17, 15) is 4.57 Å². The number of hydrogen-bond acceptors (Lipinski definition) is 3. The third kappa shape index (κ3) is 5.20. The second kappa shape index (κ2) is 6.03. The van der Waals surface area contributed by atoms with Crippen molar-refractivity contribution >= 4 is 18.5 Å². The van der Waals surface area contributed by atoms with E-state index in [2.05, 4.69) is 0 Å². The largest absolute Gasteiger partial charge is 0.379 e. The van der Waals surface area contributed by atoms with Crippen LogP contribution in [0.3, 0.4) is 0 Å². The summed E-state index contributed by atoms with van der Waals surface area (Å²) in [7, 11) is -2.66. The van der Waals surface area contributed by atoms with E-state index in [0.717, 1.165) is 0 Å². The van der Waals surface area contributed by atoms with Gasteiger partial charge in [0.2, 0.25) is 5.49 Å². The van der Waals surface area contributed by atoms with E-state index < -0.39 is 7.60 Å². The molecule has 0 atom stereocenters. The molecule has 0 rings (SSSR count). The molecule has 0 N–H and O–H groups in total. The summed E-state index contributed by atoms with van der Waals surface area (Å²) in [6, 6.07) is 0. The number of rotatable bonds is 6. The average molecular weight is 213 g/mol. The van der Waals surface area contributed by atoms with Gasteiger partial charge in [0.05, 0.1) is 25.7 Å². The van der Waals surface area contributed by atoms with E-state index in [4.69, 9.17) is 9.05 Å². The standard InChI is InChI=1S/C7H18O3PS/c1-5-9-11(8,10-6-2)7-12(3)4/h5-7H2,1-4H3/q+1. The van der Waals surface area contributed by atoms with Crippen LogP contribution in [0.5, 0.6) is 0 Å². The summed E-state index contributed by atoms with van der Waals surface area (Å²) in [5, 5.41) is 0. The molecule has 12 heavy (non-hydrogen) atoms. The van der Waals surface area contributed by atoms with Gasteiger partial charge in [-0.05, 0) is 24.7 Å². The highest BCUT2D eigenvalue weighted by Gasteiger charge is 2.30. The highest BCUT2D eigenvalue weighted by Crippen LogP contribution is 2.48. The van der Waals surface area contributed by atoms with E-state index >= 15 is 0 Å². The van der Waals surface area contributed by atoms with Crippen molar-refractivity contribution < 1.29 is 13.6 Å². The first-order chi connectivity index (χ1) is 5.54. The first kappa shape index (κ1) is 12.5. The lowest BCUT2D eigenvalue weighted by molar-refractivity contribution is 0.224. The quantitative estimate of drug-likeness (QED) is 0.500. The van der Waals surface area contributed by atoms with Crippen molar-refractivity contribution in [3.8, 4) is 0 Å². The van der Waals surface area contributed by atoms with Gasteiger partial charge in [-0.2, -0.15) is 0 Å². The van der Waals surface area contributed by atoms with Gasteiger partial charge in [-0.15, -0.1) is 0 Å². The van der Waals surface area contributed by atoms with Gasteiger partial charge in [0.25, 0.3) is 0 Å². The molecule has 0 aromatic heterocycles. The molecule has 0 fully saturated rings. The Morgan fingerprint density at radius 1 is 1.17 bits per heavy atom. The zero-order valence-corrected chi connectivity index (χ0v) is 9.91. The fourth-order valence-corrected chi connectivity index (χ4v) is 4.81. The van der Waals surface area contributed by atoms with E-state index in [1.54, 1.807) is 0 Å². The van der Waals surface area contributed by atoms with E-state index in [1.807, 2.05) is 26.4 Å². The highest BCUT2D eigenvalue weighted by atomic mass is 32.2. The van der Waals surface area contributed by atoms with Crippen LogP contribution in [0, 0.1) is 0 Å². The van der Waals surface area contributed by atoms with Gasteiger partial charge in [-0.1, -0.05) is 0 Å². The molecule has 0 spiro atoms. The molecule has 0 heterocycles. The smallest absolute Gasteiger partial charge is 0.306 e. The van der Waals surface area contributed by atoms with Gasteiger partial charge in [-0.25, -0.2) is 0 Å². The lowest BCUT2D eigenvalue weighted by atomic mass is 10.9. The Balaban J connectivity index is 4.08. The Labute approximate surface area is 77.7 Å². The van der Waals surface area contributed by atoms with Crippen LogP contribution in [-0.4, -0.2) is 31.2 Å². The molecular formula is C7H18O3PS+. The predicted octanol–water partition coefficient (Wildman–Crippen LogP) is 2.09. The molecule has 0 radical (unpaired) electrons. The van der Waals surface area contributed by atoms with Crippen LogP contribution >= 0.6 is 7.60 Å². The first-order valence-corrected chi connectivity index (χ1v) is 7.90. The average Bonchev–Trinajstić information content (AvgIpc) is 1.85. The fraction of sp³-hybridized carbons (Fsp3) is 1.00. The summed E-state index contributed by atoms with van der Waals surface area (Å²) in [6.07, 6.45) is 4.06. The monoisotopic (exact) mass is 213 g/mol. The molecule has 0 unspecified atom stereocenters. The van der Waals surface area contributed by atoms with Crippen LogP contribution in [-0.2, 0) is 24.5 Å². The topological polar surface area (TPSA) is 35.5 Å². The Morgan fingerprint density at radius 2 is 1.58 bits per heavy atom. The maximum atomic E-state index is 11.8. The van der Waals surface area contributed by atoms with Crippen LogP contribution in [0.25, 0.3) is 0 Å². The zero-order valence-electron chi connectivity index (χ0n) is 8.20. The van der Waals surface area contributed by atoms with Crippen LogP contribution in [0.1, 0.15) is 13.8 Å². The Morgan fingerprint density at radius 3 is 1.83 bits per heavy atom. The maximum absolute atomic E-state index is 11.8. The Hall–Kier alpha value is 0.500. The van der Waals surface area contributed by atoms with Crippen molar-refractivity contribution in [2.45, 2.75) is 13.8 Å². The van der Waals surface area contributed by atoms with Crippen molar-refractivity contribution in [1.29, 1.82) is 0 Å². The highest BCUT2D eigenvalue weighted by molar-refractivity contribution is 8.01. The first-order valence-electron chi connectivity index (χ1n) is 3.96. The second-order valence-electron chi connectivity index (χ2n) is 2.56. The van der Waals surface area contributed by atoms with Gasteiger partial charge < -0.3 is 9.05 Å². The lowest BCUT2D eigenvalue weighted by Crippen LogP contribution is -2.07. The molecule has 0 aromatic rings. The minimum absolute atomic E-state index is 0.0989. The van der Waals surface area contributed by atoms with Crippen molar-refractivity contribution in [2.75, 3.05) is 31.2 Å². The van der Waals surface area contributed by atoms with Gasteiger partial charge in [0.1, 0.15) is 0 Å². The normalized spacial score (nSPS) is 12.4. The molecular weight excluding hydrogens is 195 g/mol. The summed E-state index contributed by atoms with van der Waals surface area (Å²) in [4.78, 5) is 0. The third-order valence-corrected chi connectivity index (χ3v) is 5.70. The van der Waals surface area contributed by atoms with E-state index in [-0.39, 0.29) is 10.9 Å². The van der Waals surface area contributed by atoms with E-state index in [0.29, 0.717) is 18.7 Å². The maximum Gasteiger partial charge on any atom is 0.379 e. The molecule has 0 bridgehead atoms. The summed E-state index contributed by atoms with van der Waals surface area (Å²) in [6.45, 7) is 4.56. The van der Waals surface area contributed by atoms with Crippen LogP contribution < -0.4 is 0 Å². The molecule has 0 amide bonds. The molecule has 0 aliphatic rings. The second-order valence-corrected chi connectivity index (χ2v) is 7.30. The molecule has 0 aliphatic heterocycles. The molecule has 3 nitrogen and oxygen atoms in total. The van der Waals surface area contributed by atoms with Crippen molar-refractivity contribution in [3.63, 3.8) is 0 Å². The predicted molar refractivity (Wildman–Crippen MR) is 54.9 cm³/mol. The zero-order chi connectivity index (χ0) is 9.61. The van der Waals surface area contributed by atoms with Gasteiger partial charge in [0.15, 0.2) is 0 Å². The molecule has 5 heteroatoms. The minimum atomic E-state index is -2.76. The van der Waals surface area contributed by atoms with Crippen molar-refractivity contribution in [1.82, 2.24) is 0 Å². The Kier molecular flexibility index (Phi) is 6.28. The van der Waals surface area contributed by atoms with Crippen LogP contribution in [0.15, 0.2) is 0 Å². The van der Waals surface area contributed by atoms with Crippen LogP contribution in [0.2, 0.25) is 0 Å². The fourth-order valence-electron chi connectivity index (χ4n) is 0.821. The van der Waals surface area contributed by atoms with E-state index in [1.165, 1.54) is 0 Å². The summed E-state index contributed by atoms with van der Waals surface area (Å²) in [5.41, 5.74) is 0.536. The Bertz CT molecular complexity index is 151. The molecule has 0 saturated carbocycles. The minimum Gasteiger partial charge on any atom is -0.306 e. The number of hydrogen-bond donors (Lipinski definition) is 0. The van der Waals surface area contributed by atoms with Crippen LogP contribution in [0.4, 0.5) is 0 Å². The SMILES string of the molecule is CCOP(=O)(C[S+](C)C)OCC. The summed E-state index contributed by atoms with van der Waals surface area (Å²) < 4.78 is 22.0. The van der Waals surface area contributed by atoms with Crippen molar-refractivity contribution in [3.05, 3.63) is 0 Å². The third-order valence-electron chi connectivity index (χ3n) is 1.07. The molecule has 0 aliphatic carbocycles. The van der Waals surface area contributed by atoms with Crippen molar-refractivity contribution in [2.24, 2.45) is 0 Å². The van der Waals surface area contributed by atoms with Gasteiger partial charge >= 0.3 is 7.60 Å². The summed E-state index contributed by atoms with van der Waals surface area (Å²) >= 11 is 0.